The molecule has 0 aliphatic carbocycles. The molecule has 0 saturated heterocycles. The third-order valence-electron chi connectivity index (χ3n) is 3.25. The summed E-state index contributed by atoms with van der Waals surface area (Å²) in [5.41, 5.74) is 2.41. The second-order valence-electron chi connectivity index (χ2n) is 4.49. The summed E-state index contributed by atoms with van der Waals surface area (Å²) in [5.74, 6) is 0. The Morgan fingerprint density at radius 1 is 0.900 bits per heavy atom. The molecule has 2 aromatic carbocycles. The maximum atomic E-state index is 13.2. The monoisotopic (exact) mass is 338 g/mol. The van der Waals surface area contributed by atoms with Gasteiger partial charge in [-0.15, -0.1) is 0 Å². The fraction of sp³-hybridized carbons (Fsp3) is 0.133. The van der Waals surface area contributed by atoms with Gasteiger partial charge in [-0.1, -0.05) is 0 Å². The van der Waals surface area contributed by atoms with Crippen molar-refractivity contribution in [2.45, 2.75) is 13.1 Å². The number of para-hydroxylation sites is 2. The van der Waals surface area contributed by atoms with Gasteiger partial charge in [0.15, 0.2) is 0 Å². The molecule has 0 atom stereocenters. The van der Waals surface area contributed by atoms with Gasteiger partial charge in [-0.2, -0.15) is 0 Å². The van der Waals surface area contributed by atoms with E-state index in [4.69, 9.17) is 0 Å². The van der Waals surface area contributed by atoms with E-state index >= 15 is 0 Å². The number of benzene rings is 2. The number of halogens is 2. The van der Waals surface area contributed by atoms with Crippen LogP contribution in [0.25, 0.3) is 11.0 Å². The number of alkyl halides is 2. The Hall–Kier alpha value is -1.71. The van der Waals surface area contributed by atoms with Crippen LogP contribution in [0.3, 0.4) is 0 Å². The molecule has 3 aromatic rings. The van der Waals surface area contributed by atoms with Gasteiger partial charge in [-0.3, -0.25) is 0 Å². The third-order valence-corrected chi connectivity index (χ3v) is 4.12. The number of fused-ring (bicyclic) bond motifs is 1. The summed E-state index contributed by atoms with van der Waals surface area (Å²) in [6.45, 7) is -2.00. The summed E-state index contributed by atoms with van der Waals surface area (Å²) < 4.78 is 29.8. The molecule has 0 aliphatic rings. The average molecular weight is 337 g/mol. The molecule has 3 rings (SSSR count). The molecule has 0 aliphatic heterocycles. The van der Waals surface area contributed by atoms with Crippen molar-refractivity contribution in [3.05, 3.63) is 64.5 Å². The van der Waals surface area contributed by atoms with Crippen molar-refractivity contribution in [1.82, 2.24) is 9.13 Å². The molecular formula is C15H12F2N2Se. The molecule has 5 heteroatoms. The SMILES string of the molecule is FC(F)n1c(=[Se])n(Cc2ccccc2)c2ccccc21. The fourth-order valence-electron chi connectivity index (χ4n) is 2.34. The summed E-state index contributed by atoms with van der Waals surface area (Å²) in [7, 11) is 0. The maximum absolute atomic E-state index is 13.2. The first-order valence-electron chi connectivity index (χ1n) is 6.20. The van der Waals surface area contributed by atoms with Crippen LogP contribution in [0.4, 0.5) is 8.78 Å². The summed E-state index contributed by atoms with van der Waals surface area (Å²) in [4.78, 5) is 0. The summed E-state index contributed by atoms with van der Waals surface area (Å²) in [6, 6.07) is 17.0. The molecular weight excluding hydrogens is 325 g/mol. The topological polar surface area (TPSA) is 9.86 Å². The van der Waals surface area contributed by atoms with E-state index in [1.54, 1.807) is 12.1 Å². The van der Waals surface area contributed by atoms with Crippen LogP contribution >= 0.6 is 0 Å². The molecule has 0 fully saturated rings. The first kappa shape index (κ1) is 13.3. The van der Waals surface area contributed by atoms with Crippen LogP contribution < -0.4 is 0 Å². The number of rotatable bonds is 3. The Morgan fingerprint density at radius 2 is 1.50 bits per heavy atom. The Bertz CT molecular complexity index is 790. The second-order valence-corrected chi connectivity index (χ2v) is 5.26. The number of nitrogens with zero attached hydrogens (tertiary/aromatic N) is 2. The third kappa shape index (κ3) is 2.23. The van der Waals surface area contributed by atoms with E-state index in [-0.39, 0.29) is 0 Å². The molecule has 0 bridgehead atoms. The Labute approximate surface area is 122 Å². The molecule has 102 valence electrons. The molecule has 0 saturated carbocycles. The fourth-order valence-corrected chi connectivity index (χ4v) is 3.05. The molecule has 0 spiro atoms. The first-order chi connectivity index (χ1) is 9.68. The summed E-state index contributed by atoms with van der Waals surface area (Å²) in [5, 5.41) is 0. The van der Waals surface area contributed by atoms with Gasteiger partial charge >= 0.3 is 122 Å². The minimum absolute atomic E-state index is 0.435. The van der Waals surface area contributed by atoms with Crippen molar-refractivity contribution < 1.29 is 8.78 Å². The van der Waals surface area contributed by atoms with Crippen LogP contribution in [0.5, 0.6) is 0 Å². The Kier molecular flexibility index (Phi) is 3.55. The zero-order chi connectivity index (χ0) is 14.1. The van der Waals surface area contributed by atoms with Crippen molar-refractivity contribution >= 4 is 26.6 Å². The summed E-state index contributed by atoms with van der Waals surface area (Å²) >= 11 is 2.78. The van der Waals surface area contributed by atoms with Gasteiger partial charge in [0, 0.05) is 0 Å². The number of hydrogen-bond donors (Lipinski definition) is 0. The van der Waals surface area contributed by atoms with Crippen LogP contribution in [0.15, 0.2) is 54.6 Å². The van der Waals surface area contributed by atoms with Gasteiger partial charge in [0.25, 0.3) is 0 Å². The van der Waals surface area contributed by atoms with Crippen molar-refractivity contribution in [2.75, 3.05) is 0 Å². The molecule has 20 heavy (non-hydrogen) atoms. The van der Waals surface area contributed by atoms with E-state index in [0.29, 0.717) is 16.4 Å². The van der Waals surface area contributed by atoms with Crippen LogP contribution in [-0.4, -0.2) is 24.7 Å². The quantitative estimate of drug-likeness (QED) is 0.647. The molecule has 1 aromatic heterocycles. The molecule has 0 N–H and O–H groups in total. The van der Waals surface area contributed by atoms with Crippen LogP contribution in [0.2, 0.25) is 0 Å². The van der Waals surface area contributed by atoms with Gasteiger partial charge in [0.1, 0.15) is 0 Å². The standard InChI is InChI=1S/C15H12F2N2Se/c16-14(17)19-13-9-5-4-8-12(13)18(15(19)20)10-11-6-2-1-3-7-11/h1-9,14H,10H2. The van der Waals surface area contributed by atoms with E-state index in [9.17, 15) is 8.78 Å². The average Bonchev–Trinajstić information content (AvgIpc) is 2.73. The van der Waals surface area contributed by atoms with Gasteiger partial charge in [-0.05, 0) is 0 Å². The van der Waals surface area contributed by atoms with E-state index in [2.05, 4.69) is 15.6 Å². The van der Waals surface area contributed by atoms with Gasteiger partial charge in [0.2, 0.25) is 0 Å². The zero-order valence-electron chi connectivity index (χ0n) is 10.5. The van der Waals surface area contributed by atoms with Crippen molar-refractivity contribution in [2.24, 2.45) is 0 Å². The predicted molar refractivity (Wildman–Crippen MR) is 75.7 cm³/mol. The zero-order valence-corrected chi connectivity index (χ0v) is 12.3. The number of aromatic nitrogens is 2. The number of hydrogen-bond acceptors (Lipinski definition) is 0. The Morgan fingerprint density at radius 3 is 2.15 bits per heavy atom. The predicted octanol–water partition coefficient (Wildman–Crippen LogP) is 3.59. The molecule has 2 nitrogen and oxygen atoms in total. The second kappa shape index (κ2) is 5.35. The Balaban J connectivity index is 2.21. The molecule has 0 radical (unpaired) electrons. The van der Waals surface area contributed by atoms with Crippen molar-refractivity contribution in [3.63, 3.8) is 0 Å². The van der Waals surface area contributed by atoms with Crippen LogP contribution in [0.1, 0.15) is 12.1 Å². The van der Waals surface area contributed by atoms with E-state index in [0.717, 1.165) is 15.6 Å². The first-order valence-corrected chi connectivity index (χ1v) is 7.06. The van der Waals surface area contributed by atoms with Gasteiger partial charge in [0.05, 0.1) is 0 Å². The minimum atomic E-state index is -2.56. The van der Waals surface area contributed by atoms with E-state index in [1.807, 2.05) is 47.0 Å². The summed E-state index contributed by atoms with van der Waals surface area (Å²) in [6.07, 6.45) is 0. The van der Waals surface area contributed by atoms with Crippen molar-refractivity contribution in [3.8, 4) is 0 Å². The molecule has 0 unspecified atom stereocenters. The van der Waals surface area contributed by atoms with E-state index in [1.165, 1.54) is 0 Å². The van der Waals surface area contributed by atoms with E-state index < -0.39 is 6.55 Å². The van der Waals surface area contributed by atoms with Crippen LogP contribution in [0, 0.1) is 4.32 Å². The normalized spacial score (nSPS) is 11.3. The van der Waals surface area contributed by atoms with Crippen LogP contribution in [-0.2, 0) is 6.54 Å². The molecule has 1 heterocycles. The molecule has 0 amide bonds. The van der Waals surface area contributed by atoms with Gasteiger partial charge < -0.3 is 0 Å². The van der Waals surface area contributed by atoms with Crippen molar-refractivity contribution in [1.29, 1.82) is 0 Å². The van der Waals surface area contributed by atoms with Gasteiger partial charge in [-0.25, -0.2) is 0 Å². The number of imidazole rings is 1.